The lowest BCUT2D eigenvalue weighted by atomic mass is 10.0. The molecule has 0 aliphatic heterocycles. The molecule has 1 heterocycles. The molecule has 0 spiro atoms. The maximum absolute atomic E-state index is 9.70. The summed E-state index contributed by atoms with van der Waals surface area (Å²) < 4.78 is 0. The average Bonchev–Trinajstić information content (AvgIpc) is 2.29. The number of aliphatic hydroxyl groups is 1. The van der Waals surface area contributed by atoms with Crippen LogP contribution in [0.4, 0.5) is 0 Å². The molecule has 2 nitrogen and oxygen atoms in total. The van der Waals surface area contributed by atoms with Gasteiger partial charge >= 0.3 is 0 Å². The van der Waals surface area contributed by atoms with Gasteiger partial charge in [-0.1, -0.05) is 6.92 Å². The third-order valence-corrected chi connectivity index (χ3v) is 2.66. The number of pyridine rings is 1. The van der Waals surface area contributed by atoms with Crippen LogP contribution in [0.15, 0.2) is 12.4 Å². The second kappa shape index (κ2) is 2.56. The molecule has 2 rings (SSSR count). The smallest absolute Gasteiger partial charge is 0.0802 e. The Hall–Kier alpha value is -0.890. The van der Waals surface area contributed by atoms with E-state index in [1.54, 1.807) is 0 Å². The number of rotatable bonds is 0. The van der Waals surface area contributed by atoms with Gasteiger partial charge in [-0.05, 0) is 36.0 Å². The third kappa shape index (κ3) is 0.950. The molecule has 2 heteroatoms. The van der Waals surface area contributed by atoms with Gasteiger partial charge in [0.15, 0.2) is 0 Å². The minimum Gasteiger partial charge on any atom is -0.388 e. The van der Waals surface area contributed by atoms with E-state index in [1.807, 2.05) is 19.3 Å². The van der Waals surface area contributed by atoms with Crippen molar-refractivity contribution in [2.24, 2.45) is 0 Å². The molecule has 12 heavy (non-hydrogen) atoms. The van der Waals surface area contributed by atoms with E-state index in [0.29, 0.717) is 5.92 Å². The molecule has 1 N–H and O–H groups in total. The van der Waals surface area contributed by atoms with Crippen molar-refractivity contribution in [3.63, 3.8) is 0 Å². The Kier molecular flexibility index (Phi) is 1.65. The minimum absolute atomic E-state index is 0.266. The summed E-state index contributed by atoms with van der Waals surface area (Å²) in [7, 11) is 0. The van der Waals surface area contributed by atoms with Gasteiger partial charge in [-0.15, -0.1) is 0 Å². The summed E-state index contributed by atoms with van der Waals surface area (Å²) in [4.78, 5) is 4.13. The maximum Gasteiger partial charge on any atom is 0.0802 e. The summed E-state index contributed by atoms with van der Waals surface area (Å²) in [5.74, 6) is 0.461. The minimum atomic E-state index is -0.266. The van der Waals surface area contributed by atoms with Crippen molar-refractivity contribution in [3.05, 3.63) is 29.1 Å². The maximum atomic E-state index is 9.70. The first kappa shape index (κ1) is 7.74. The van der Waals surface area contributed by atoms with Crippen LogP contribution in [0.3, 0.4) is 0 Å². The van der Waals surface area contributed by atoms with Crippen molar-refractivity contribution in [1.82, 2.24) is 4.98 Å². The zero-order chi connectivity index (χ0) is 8.72. The van der Waals surface area contributed by atoms with Crippen LogP contribution >= 0.6 is 0 Å². The van der Waals surface area contributed by atoms with E-state index in [-0.39, 0.29) is 6.10 Å². The predicted molar refractivity (Wildman–Crippen MR) is 47.0 cm³/mol. The molecule has 2 atom stereocenters. The molecule has 1 aromatic rings. The van der Waals surface area contributed by atoms with Gasteiger partial charge in [0.05, 0.1) is 6.10 Å². The highest BCUT2D eigenvalue weighted by atomic mass is 16.3. The molecular formula is C10H13NO. The van der Waals surface area contributed by atoms with Gasteiger partial charge in [0.1, 0.15) is 0 Å². The average molecular weight is 163 g/mol. The number of hydrogen-bond acceptors (Lipinski definition) is 2. The van der Waals surface area contributed by atoms with Crippen LogP contribution in [0.5, 0.6) is 0 Å². The number of aromatic nitrogens is 1. The van der Waals surface area contributed by atoms with Crippen LogP contribution in [0.2, 0.25) is 0 Å². The van der Waals surface area contributed by atoms with Crippen molar-refractivity contribution >= 4 is 0 Å². The fraction of sp³-hybridized carbons (Fsp3) is 0.500. The lowest BCUT2D eigenvalue weighted by molar-refractivity contribution is 0.174. The van der Waals surface area contributed by atoms with E-state index >= 15 is 0 Å². The Morgan fingerprint density at radius 2 is 2.25 bits per heavy atom. The summed E-state index contributed by atoms with van der Waals surface area (Å²) in [5, 5.41) is 9.70. The Labute approximate surface area is 72.3 Å². The summed E-state index contributed by atoms with van der Waals surface area (Å²) in [6.45, 7) is 4.14. The highest BCUT2D eigenvalue weighted by Crippen LogP contribution is 2.40. The first-order valence-corrected chi connectivity index (χ1v) is 4.32. The molecule has 0 bridgehead atoms. The molecule has 0 fully saturated rings. The van der Waals surface area contributed by atoms with Crippen molar-refractivity contribution in [1.29, 1.82) is 0 Å². The Morgan fingerprint density at radius 3 is 2.92 bits per heavy atom. The molecule has 1 aliphatic rings. The topological polar surface area (TPSA) is 33.1 Å². The zero-order valence-corrected chi connectivity index (χ0v) is 7.41. The fourth-order valence-electron chi connectivity index (χ4n) is 2.02. The monoisotopic (exact) mass is 163 g/mol. The van der Waals surface area contributed by atoms with Crippen LogP contribution < -0.4 is 0 Å². The van der Waals surface area contributed by atoms with E-state index in [9.17, 15) is 5.11 Å². The Balaban J connectivity index is 2.59. The van der Waals surface area contributed by atoms with E-state index in [0.717, 1.165) is 17.5 Å². The van der Waals surface area contributed by atoms with Crippen molar-refractivity contribution < 1.29 is 5.11 Å². The van der Waals surface area contributed by atoms with E-state index < -0.39 is 0 Å². The van der Waals surface area contributed by atoms with E-state index in [1.165, 1.54) is 5.56 Å². The lowest BCUT2D eigenvalue weighted by Gasteiger charge is -2.06. The van der Waals surface area contributed by atoms with Crippen LogP contribution in [-0.2, 0) is 0 Å². The summed E-state index contributed by atoms with van der Waals surface area (Å²) in [6.07, 6.45) is 4.28. The fourth-order valence-corrected chi connectivity index (χ4v) is 2.02. The number of aliphatic hydroxyl groups excluding tert-OH is 1. The zero-order valence-electron chi connectivity index (χ0n) is 7.41. The van der Waals surface area contributed by atoms with E-state index in [4.69, 9.17) is 0 Å². The van der Waals surface area contributed by atoms with Crippen LogP contribution in [0.1, 0.15) is 42.1 Å². The first-order valence-electron chi connectivity index (χ1n) is 4.32. The second-order valence-corrected chi connectivity index (χ2v) is 3.61. The third-order valence-electron chi connectivity index (χ3n) is 2.66. The van der Waals surface area contributed by atoms with E-state index in [2.05, 4.69) is 11.9 Å². The molecule has 1 aromatic heterocycles. The molecule has 0 radical (unpaired) electrons. The van der Waals surface area contributed by atoms with Gasteiger partial charge < -0.3 is 5.11 Å². The number of hydrogen-bond donors (Lipinski definition) is 1. The van der Waals surface area contributed by atoms with Crippen LogP contribution in [0.25, 0.3) is 0 Å². The Morgan fingerprint density at radius 1 is 1.50 bits per heavy atom. The Bertz CT molecular complexity index is 309. The molecule has 64 valence electrons. The van der Waals surface area contributed by atoms with Crippen molar-refractivity contribution in [2.45, 2.75) is 32.3 Å². The molecule has 0 aromatic carbocycles. The molecule has 0 saturated heterocycles. The molecular weight excluding hydrogens is 150 g/mol. The lowest BCUT2D eigenvalue weighted by Crippen LogP contribution is -1.94. The van der Waals surface area contributed by atoms with Crippen molar-refractivity contribution in [2.75, 3.05) is 0 Å². The molecule has 0 unspecified atom stereocenters. The molecule has 0 saturated carbocycles. The number of aryl methyl sites for hydroxylation is 1. The highest BCUT2D eigenvalue weighted by Gasteiger charge is 2.27. The quantitative estimate of drug-likeness (QED) is 0.634. The van der Waals surface area contributed by atoms with Gasteiger partial charge in [-0.3, -0.25) is 4.98 Å². The number of fused-ring (bicyclic) bond motifs is 1. The van der Waals surface area contributed by atoms with Gasteiger partial charge in [-0.25, -0.2) is 0 Å². The van der Waals surface area contributed by atoms with Gasteiger partial charge in [0.2, 0.25) is 0 Å². The normalized spacial score (nSPS) is 27.2. The predicted octanol–water partition coefficient (Wildman–Crippen LogP) is 1.93. The summed E-state index contributed by atoms with van der Waals surface area (Å²) >= 11 is 0. The highest BCUT2D eigenvalue weighted by molar-refractivity contribution is 5.39. The largest absolute Gasteiger partial charge is 0.388 e. The van der Waals surface area contributed by atoms with Gasteiger partial charge in [-0.2, -0.15) is 0 Å². The SMILES string of the molecule is Cc1cncc2c1[C@H](O)C[C@H]2C. The van der Waals surface area contributed by atoms with Crippen LogP contribution in [-0.4, -0.2) is 10.1 Å². The first-order chi connectivity index (χ1) is 5.70. The molecule has 0 amide bonds. The van der Waals surface area contributed by atoms with Gasteiger partial charge in [0.25, 0.3) is 0 Å². The number of nitrogens with zero attached hydrogens (tertiary/aromatic N) is 1. The summed E-state index contributed by atoms with van der Waals surface area (Å²) in [5.41, 5.74) is 3.45. The standard InChI is InChI=1S/C10H13NO/c1-6-3-9(12)10-7(2)4-11-5-8(6)10/h4-6,9,12H,3H2,1-2H3/t6-,9-/m1/s1. The van der Waals surface area contributed by atoms with Gasteiger partial charge in [0, 0.05) is 12.4 Å². The molecule has 1 aliphatic carbocycles. The van der Waals surface area contributed by atoms with Crippen LogP contribution in [0, 0.1) is 6.92 Å². The van der Waals surface area contributed by atoms with Crippen molar-refractivity contribution in [3.8, 4) is 0 Å². The second-order valence-electron chi connectivity index (χ2n) is 3.61. The summed E-state index contributed by atoms with van der Waals surface area (Å²) in [6, 6.07) is 0.